The molecule has 0 aliphatic heterocycles. The number of hydrogen-bond acceptors (Lipinski definition) is 7. The molecule has 5 aromatic rings. The number of rotatable bonds is 10. The van der Waals surface area contributed by atoms with Crippen molar-refractivity contribution in [1.82, 2.24) is 10.4 Å². The van der Waals surface area contributed by atoms with E-state index in [4.69, 9.17) is 27.9 Å². The van der Waals surface area contributed by atoms with Gasteiger partial charge in [-0.25, -0.2) is 10.4 Å². The first-order chi connectivity index (χ1) is 21.6. The van der Waals surface area contributed by atoms with Gasteiger partial charge in [-0.1, -0.05) is 57.3 Å². The zero-order valence-electron chi connectivity index (χ0n) is 23.4. The third kappa shape index (κ3) is 8.93. The van der Waals surface area contributed by atoms with E-state index >= 15 is 0 Å². The van der Waals surface area contributed by atoms with Crippen molar-refractivity contribution in [3.05, 3.63) is 120 Å². The van der Waals surface area contributed by atoms with Gasteiger partial charge in [0.25, 0.3) is 11.8 Å². The molecular formula is C32H23Br2Cl2N5O3S. The molecule has 1 heterocycles. The first kappa shape index (κ1) is 32.6. The highest BCUT2D eigenvalue weighted by Crippen LogP contribution is 2.32. The molecule has 0 spiro atoms. The number of aryl methyl sites for hydroxylation is 1. The number of hydrogen-bond donors (Lipinski definition) is 3. The lowest BCUT2D eigenvalue weighted by molar-refractivity contribution is -0.118. The largest absolute Gasteiger partial charge is 0.482 e. The lowest BCUT2D eigenvalue weighted by Gasteiger charge is -2.12. The quantitative estimate of drug-likeness (QED) is 0.0967. The summed E-state index contributed by atoms with van der Waals surface area (Å²) in [5, 5.41) is 14.0. The summed E-state index contributed by atoms with van der Waals surface area (Å²) in [6.07, 6.45) is 1.44. The maximum Gasteiger partial charge on any atom is 0.271 e. The van der Waals surface area contributed by atoms with Gasteiger partial charge >= 0.3 is 0 Å². The van der Waals surface area contributed by atoms with Gasteiger partial charge in [0.05, 0.1) is 16.4 Å². The van der Waals surface area contributed by atoms with Crippen molar-refractivity contribution >= 4 is 101 Å². The molecule has 0 bridgehead atoms. The molecule has 0 unspecified atom stereocenters. The molecule has 4 aromatic carbocycles. The molecule has 1 aromatic heterocycles. The topological polar surface area (TPSA) is 105 Å². The fourth-order valence-corrected chi connectivity index (χ4v) is 6.39. The van der Waals surface area contributed by atoms with E-state index in [1.165, 1.54) is 17.6 Å². The second kappa shape index (κ2) is 15.0. The van der Waals surface area contributed by atoms with E-state index in [0.717, 1.165) is 32.1 Å². The van der Waals surface area contributed by atoms with Crippen LogP contribution in [0.1, 0.15) is 21.5 Å². The number of ether oxygens (including phenoxy) is 1. The SMILES string of the molecule is Cc1ccc(NC(=O)COc2c(Br)cc(Br)cc2/C=N\NC(=O)c2ccc(-c3csc(Nc4ccc(Cl)cc4)n3)cc2)cc1Cl. The number of anilines is 3. The standard InChI is InChI=1S/C32H23Br2Cl2N5O3S/c1-18-2-9-25(14-27(18)36)38-29(42)16-44-30-21(12-22(33)13-26(30)34)15-37-41-31(43)20-5-3-19(4-6-20)28-17-45-32(40-28)39-24-10-7-23(35)8-11-24/h2-15,17H,16H2,1H3,(H,38,42)(H,39,40)(H,41,43)/b37-15-. The lowest BCUT2D eigenvalue weighted by Crippen LogP contribution is -2.21. The maximum absolute atomic E-state index is 12.8. The highest BCUT2D eigenvalue weighted by molar-refractivity contribution is 9.11. The zero-order chi connectivity index (χ0) is 31.9. The summed E-state index contributed by atoms with van der Waals surface area (Å²) in [5.74, 6) is -0.379. The van der Waals surface area contributed by atoms with E-state index in [1.54, 1.807) is 36.4 Å². The minimum atomic E-state index is -0.395. The molecule has 5 rings (SSSR count). The van der Waals surface area contributed by atoms with Crippen molar-refractivity contribution in [2.24, 2.45) is 5.10 Å². The number of thiazole rings is 1. The summed E-state index contributed by atoms with van der Waals surface area (Å²) in [7, 11) is 0. The molecule has 8 nitrogen and oxygen atoms in total. The Bertz CT molecular complexity index is 1880. The molecular weight excluding hydrogens is 765 g/mol. The summed E-state index contributed by atoms with van der Waals surface area (Å²) in [6, 6.07) is 23.2. The van der Waals surface area contributed by atoms with Crippen LogP contribution in [0.5, 0.6) is 5.75 Å². The van der Waals surface area contributed by atoms with Crippen molar-refractivity contribution in [1.29, 1.82) is 0 Å². The molecule has 0 saturated carbocycles. The van der Waals surface area contributed by atoms with Crippen molar-refractivity contribution in [3.63, 3.8) is 0 Å². The average Bonchev–Trinajstić information content (AvgIpc) is 3.48. The first-order valence-corrected chi connectivity index (χ1v) is 16.5. The van der Waals surface area contributed by atoms with Crippen molar-refractivity contribution in [3.8, 4) is 17.0 Å². The molecule has 0 aliphatic carbocycles. The summed E-state index contributed by atoms with van der Waals surface area (Å²) in [5.41, 5.74) is 7.50. The number of amides is 2. The number of nitrogens with one attached hydrogen (secondary N) is 3. The number of carbonyl (C=O) groups excluding carboxylic acids is 2. The van der Waals surface area contributed by atoms with Crippen LogP contribution in [0.3, 0.4) is 0 Å². The second-order valence-corrected chi connectivity index (χ2v) is 13.0. The number of halogens is 4. The summed E-state index contributed by atoms with van der Waals surface area (Å²) >= 11 is 20.5. The fourth-order valence-electron chi connectivity index (χ4n) is 3.97. The van der Waals surface area contributed by atoms with Crippen LogP contribution < -0.4 is 20.8 Å². The van der Waals surface area contributed by atoms with Crippen LogP contribution in [0.25, 0.3) is 11.3 Å². The lowest BCUT2D eigenvalue weighted by atomic mass is 10.1. The summed E-state index contributed by atoms with van der Waals surface area (Å²) in [6.45, 7) is 1.62. The number of aromatic nitrogens is 1. The van der Waals surface area contributed by atoms with Gasteiger partial charge in [-0.15, -0.1) is 11.3 Å². The Morgan fingerprint density at radius 3 is 2.44 bits per heavy atom. The normalized spacial score (nSPS) is 11.0. The Morgan fingerprint density at radius 2 is 1.71 bits per heavy atom. The molecule has 0 fully saturated rings. The highest BCUT2D eigenvalue weighted by Gasteiger charge is 2.13. The third-order valence-electron chi connectivity index (χ3n) is 6.25. The predicted octanol–water partition coefficient (Wildman–Crippen LogP) is 9.48. The van der Waals surface area contributed by atoms with E-state index in [1.807, 2.05) is 54.8 Å². The van der Waals surface area contributed by atoms with Crippen molar-refractivity contribution in [2.45, 2.75) is 6.92 Å². The zero-order valence-corrected chi connectivity index (χ0v) is 28.9. The van der Waals surface area contributed by atoms with Crippen molar-refractivity contribution in [2.75, 3.05) is 17.2 Å². The average molecular weight is 788 g/mol. The van der Waals surface area contributed by atoms with Crippen LogP contribution in [0.15, 0.2) is 98.3 Å². The second-order valence-electron chi connectivity index (χ2n) is 9.55. The number of hydrazone groups is 1. The van der Waals surface area contributed by atoms with Crippen LogP contribution in [-0.2, 0) is 4.79 Å². The van der Waals surface area contributed by atoms with Crippen LogP contribution >= 0.6 is 66.4 Å². The molecule has 13 heteroatoms. The van der Waals surface area contributed by atoms with E-state index < -0.39 is 5.91 Å². The van der Waals surface area contributed by atoms with Gasteiger partial charge in [-0.05, 0) is 89.1 Å². The molecule has 0 atom stereocenters. The predicted molar refractivity (Wildman–Crippen MR) is 190 cm³/mol. The van der Waals surface area contributed by atoms with Gasteiger partial charge in [0.15, 0.2) is 11.7 Å². The summed E-state index contributed by atoms with van der Waals surface area (Å²) < 4.78 is 7.16. The van der Waals surface area contributed by atoms with E-state index in [9.17, 15) is 9.59 Å². The molecule has 0 radical (unpaired) electrons. The van der Waals surface area contributed by atoms with Gasteiger partial charge in [0, 0.05) is 48.0 Å². The molecule has 2 amide bonds. The minimum absolute atomic E-state index is 0.261. The molecule has 0 aliphatic rings. The van der Waals surface area contributed by atoms with Crippen LogP contribution in [-0.4, -0.2) is 29.6 Å². The Kier molecular flexibility index (Phi) is 10.9. The number of benzene rings is 4. The first-order valence-electron chi connectivity index (χ1n) is 13.2. The van der Waals surface area contributed by atoms with Crippen LogP contribution in [0.4, 0.5) is 16.5 Å². The van der Waals surface area contributed by atoms with E-state index in [2.05, 4.69) is 58.0 Å². The molecule has 45 heavy (non-hydrogen) atoms. The minimum Gasteiger partial charge on any atom is -0.482 e. The van der Waals surface area contributed by atoms with Gasteiger partial charge in [-0.2, -0.15) is 5.10 Å². The monoisotopic (exact) mass is 785 g/mol. The maximum atomic E-state index is 12.8. The van der Waals surface area contributed by atoms with Crippen LogP contribution in [0, 0.1) is 6.92 Å². The van der Waals surface area contributed by atoms with E-state index in [-0.39, 0.29) is 12.5 Å². The molecule has 0 saturated heterocycles. The smallest absolute Gasteiger partial charge is 0.271 e. The highest BCUT2D eigenvalue weighted by atomic mass is 79.9. The number of nitrogens with zero attached hydrogens (tertiary/aromatic N) is 2. The number of carbonyl (C=O) groups is 2. The third-order valence-corrected chi connectivity index (χ3v) is 8.72. The fraction of sp³-hybridized carbons (Fsp3) is 0.0625. The van der Waals surface area contributed by atoms with Gasteiger partial charge in [0.2, 0.25) is 0 Å². The Morgan fingerprint density at radius 1 is 0.978 bits per heavy atom. The molecule has 3 N–H and O–H groups in total. The van der Waals surface area contributed by atoms with Gasteiger partial charge < -0.3 is 15.4 Å². The summed E-state index contributed by atoms with van der Waals surface area (Å²) in [4.78, 5) is 30.0. The van der Waals surface area contributed by atoms with Crippen LogP contribution in [0.2, 0.25) is 10.0 Å². The van der Waals surface area contributed by atoms with Gasteiger partial charge in [-0.3, -0.25) is 9.59 Å². The Balaban J connectivity index is 1.19. The Labute approximate surface area is 290 Å². The Hall–Kier alpha value is -3.74. The molecule has 228 valence electrons. The van der Waals surface area contributed by atoms with E-state index in [0.29, 0.717) is 37.1 Å². The van der Waals surface area contributed by atoms with Crippen molar-refractivity contribution < 1.29 is 14.3 Å². The van der Waals surface area contributed by atoms with Gasteiger partial charge in [0.1, 0.15) is 5.75 Å².